The Morgan fingerprint density at radius 2 is 2.07 bits per heavy atom. The maximum absolute atomic E-state index is 5.64. The minimum absolute atomic E-state index is 0.588. The molecular weight excluding hydrogens is 172 g/mol. The van der Waals surface area contributed by atoms with Gasteiger partial charge in [0.2, 0.25) is 0 Å². The number of hydrogen-bond donors (Lipinski definition) is 0. The molecule has 1 aliphatic rings. The van der Waals surface area contributed by atoms with Crippen LogP contribution in [0.2, 0.25) is 0 Å². The third-order valence-electron chi connectivity index (χ3n) is 2.01. The smallest absolute Gasteiger partial charge is 0.127 e. The van der Waals surface area contributed by atoms with Gasteiger partial charge in [-0.05, 0) is 24.1 Å². The highest BCUT2D eigenvalue weighted by atomic mass is 16.5. The Morgan fingerprint density at radius 3 is 2.71 bits per heavy atom. The van der Waals surface area contributed by atoms with Crippen molar-refractivity contribution in [1.29, 1.82) is 0 Å². The zero-order chi connectivity index (χ0) is 9.97. The molecule has 1 aliphatic carbocycles. The lowest BCUT2D eigenvalue weighted by Crippen LogP contribution is -1.99. The van der Waals surface area contributed by atoms with E-state index in [0.717, 1.165) is 11.3 Å². The summed E-state index contributed by atoms with van der Waals surface area (Å²) in [5, 5.41) is 0. The van der Waals surface area contributed by atoms with E-state index in [0.29, 0.717) is 6.61 Å². The van der Waals surface area contributed by atoms with Gasteiger partial charge in [0.1, 0.15) is 12.4 Å². The van der Waals surface area contributed by atoms with Gasteiger partial charge in [-0.25, -0.2) is 0 Å². The van der Waals surface area contributed by atoms with Crippen LogP contribution in [-0.2, 0) is 0 Å². The van der Waals surface area contributed by atoms with E-state index in [4.69, 9.17) is 4.74 Å². The van der Waals surface area contributed by atoms with Gasteiger partial charge in [-0.15, -0.1) is 0 Å². The molecule has 0 spiro atoms. The Bertz CT molecular complexity index is 388. The lowest BCUT2D eigenvalue weighted by molar-refractivity contribution is 0.352. The fourth-order valence-electron chi connectivity index (χ4n) is 1.25. The van der Waals surface area contributed by atoms with Crippen molar-refractivity contribution in [3.8, 4) is 5.75 Å². The number of allylic oxidation sites excluding steroid dienone is 2. The first kappa shape index (κ1) is 9.07. The van der Waals surface area contributed by atoms with E-state index in [1.165, 1.54) is 11.1 Å². The van der Waals surface area contributed by atoms with Crippen LogP contribution < -0.4 is 4.74 Å². The first-order chi connectivity index (χ1) is 6.77. The van der Waals surface area contributed by atoms with Crippen molar-refractivity contribution in [2.75, 3.05) is 6.61 Å². The van der Waals surface area contributed by atoms with E-state index in [1.807, 2.05) is 25.1 Å². The maximum atomic E-state index is 5.64. The molecule has 0 unspecified atom stereocenters. The average Bonchev–Trinajstić information content (AvgIpc) is 2.98. The van der Waals surface area contributed by atoms with Gasteiger partial charge >= 0.3 is 0 Å². The van der Waals surface area contributed by atoms with Crippen molar-refractivity contribution >= 4 is 5.57 Å². The second kappa shape index (κ2) is 3.70. The zero-order valence-electron chi connectivity index (χ0n) is 8.29. The molecule has 0 aromatic heterocycles. The van der Waals surface area contributed by atoms with Crippen LogP contribution in [0.4, 0.5) is 0 Å². The van der Waals surface area contributed by atoms with Crippen molar-refractivity contribution in [2.24, 2.45) is 0 Å². The van der Waals surface area contributed by atoms with Crippen molar-refractivity contribution in [2.45, 2.75) is 6.92 Å². The minimum Gasteiger partial charge on any atom is -0.489 e. The second-order valence-electron chi connectivity index (χ2n) is 3.53. The summed E-state index contributed by atoms with van der Waals surface area (Å²) >= 11 is 0. The topological polar surface area (TPSA) is 9.23 Å². The molecular formula is C13H13O. The summed E-state index contributed by atoms with van der Waals surface area (Å²) in [4.78, 5) is 0. The van der Waals surface area contributed by atoms with Gasteiger partial charge in [-0.1, -0.05) is 30.9 Å². The number of ether oxygens (including phenoxy) is 1. The fraction of sp³-hybridized carbons (Fsp3) is 0.154. The normalized spacial score (nSPS) is 13.4. The van der Waals surface area contributed by atoms with Crippen LogP contribution in [0.15, 0.2) is 42.5 Å². The summed E-state index contributed by atoms with van der Waals surface area (Å²) in [6.45, 7) is 6.36. The molecule has 2 rings (SSSR count). The summed E-state index contributed by atoms with van der Waals surface area (Å²) in [6, 6.07) is 8.07. The largest absolute Gasteiger partial charge is 0.489 e. The molecule has 1 aromatic rings. The summed E-state index contributed by atoms with van der Waals surface area (Å²) in [5.74, 6) is 0.940. The third-order valence-corrected chi connectivity index (χ3v) is 2.01. The Balaban J connectivity index is 2.15. The van der Waals surface area contributed by atoms with E-state index in [2.05, 4.69) is 25.1 Å². The van der Waals surface area contributed by atoms with Crippen molar-refractivity contribution in [3.05, 3.63) is 54.5 Å². The average molecular weight is 185 g/mol. The molecule has 1 heteroatoms. The summed E-state index contributed by atoms with van der Waals surface area (Å²) in [7, 11) is 0. The number of benzene rings is 1. The predicted octanol–water partition coefficient (Wildman–Crippen LogP) is 3.24. The second-order valence-corrected chi connectivity index (χ2v) is 3.53. The first-order valence-electron chi connectivity index (χ1n) is 4.69. The highest BCUT2D eigenvalue weighted by Crippen LogP contribution is 2.35. The Morgan fingerprint density at radius 1 is 1.36 bits per heavy atom. The molecule has 0 atom stereocenters. The van der Waals surface area contributed by atoms with E-state index >= 15 is 0 Å². The Labute approximate surface area is 84.7 Å². The molecule has 1 aromatic carbocycles. The lowest BCUT2D eigenvalue weighted by Gasteiger charge is -2.09. The van der Waals surface area contributed by atoms with Gasteiger partial charge in [-0.2, -0.15) is 0 Å². The van der Waals surface area contributed by atoms with Crippen LogP contribution in [0, 0.1) is 6.42 Å². The van der Waals surface area contributed by atoms with E-state index in [1.54, 1.807) is 0 Å². The summed E-state index contributed by atoms with van der Waals surface area (Å²) in [6.07, 6.45) is 4.17. The van der Waals surface area contributed by atoms with Gasteiger partial charge in [-0.3, -0.25) is 0 Å². The quantitative estimate of drug-likeness (QED) is 0.654. The molecule has 71 valence electrons. The molecule has 0 heterocycles. The van der Waals surface area contributed by atoms with Crippen molar-refractivity contribution < 1.29 is 4.74 Å². The molecule has 0 bridgehead atoms. The SMILES string of the molecule is C=C(C)COc1ccccc1C1=C[CH]1. The fourth-order valence-corrected chi connectivity index (χ4v) is 1.25. The monoisotopic (exact) mass is 185 g/mol. The van der Waals surface area contributed by atoms with Gasteiger partial charge in [0.05, 0.1) is 0 Å². The lowest BCUT2D eigenvalue weighted by atomic mass is 10.1. The van der Waals surface area contributed by atoms with Crippen LogP contribution in [-0.4, -0.2) is 6.61 Å². The van der Waals surface area contributed by atoms with Gasteiger partial charge in [0.15, 0.2) is 0 Å². The highest BCUT2D eigenvalue weighted by molar-refractivity contribution is 5.89. The van der Waals surface area contributed by atoms with Crippen LogP contribution in [0.3, 0.4) is 0 Å². The molecule has 0 N–H and O–H groups in total. The minimum atomic E-state index is 0.588. The van der Waals surface area contributed by atoms with E-state index in [-0.39, 0.29) is 0 Å². The third kappa shape index (κ3) is 2.05. The molecule has 1 radical (unpaired) electrons. The molecule has 14 heavy (non-hydrogen) atoms. The molecule has 0 saturated carbocycles. The molecule has 0 amide bonds. The van der Waals surface area contributed by atoms with E-state index in [9.17, 15) is 0 Å². The number of para-hydroxylation sites is 1. The molecule has 0 aliphatic heterocycles. The highest BCUT2D eigenvalue weighted by Gasteiger charge is 2.14. The van der Waals surface area contributed by atoms with Crippen LogP contribution in [0.5, 0.6) is 5.75 Å². The van der Waals surface area contributed by atoms with Gasteiger partial charge in [0, 0.05) is 12.0 Å². The standard InChI is InChI=1S/C13H13O/c1-10(2)9-14-13-6-4-3-5-12(13)11-7-8-11/h3-8H,1,9H2,2H3. The predicted molar refractivity (Wildman–Crippen MR) is 59.0 cm³/mol. The zero-order valence-corrected chi connectivity index (χ0v) is 8.29. The van der Waals surface area contributed by atoms with Crippen LogP contribution in [0.25, 0.3) is 5.57 Å². The first-order valence-corrected chi connectivity index (χ1v) is 4.69. The van der Waals surface area contributed by atoms with Gasteiger partial charge < -0.3 is 4.74 Å². The summed E-state index contributed by atoms with van der Waals surface area (Å²) in [5.41, 5.74) is 3.48. The van der Waals surface area contributed by atoms with Crippen molar-refractivity contribution in [3.63, 3.8) is 0 Å². The Kier molecular flexibility index (Phi) is 2.40. The molecule has 0 fully saturated rings. The van der Waals surface area contributed by atoms with Crippen molar-refractivity contribution in [1.82, 2.24) is 0 Å². The van der Waals surface area contributed by atoms with Gasteiger partial charge in [0.25, 0.3) is 0 Å². The maximum Gasteiger partial charge on any atom is 0.127 e. The van der Waals surface area contributed by atoms with Crippen LogP contribution in [0.1, 0.15) is 12.5 Å². The summed E-state index contributed by atoms with van der Waals surface area (Å²) < 4.78 is 5.64. The Hall–Kier alpha value is -1.50. The number of hydrogen-bond acceptors (Lipinski definition) is 1. The van der Waals surface area contributed by atoms with E-state index < -0.39 is 0 Å². The molecule has 1 nitrogen and oxygen atoms in total. The number of rotatable bonds is 4. The molecule has 0 saturated heterocycles. The van der Waals surface area contributed by atoms with Crippen LogP contribution >= 0.6 is 0 Å².